The highest BCUT2D eigenvalue weighted by molar-refractivity contribution is 7.86. The molecule has 1 heterocycles. The minimum atomic E-state index is -4.29. The Morgan fingerprint density at radius 2 is 1.90 bits per heavy atom. The van der Waals surface area contributed by atoms with Gasteiger partial charge in [0.1, 0.15) is 5.82 Å². The number of benzene rings is 1. The van der Waals surface area contributed by atoms with Crippen molar-refractivity contribution in [3.63, 3.8) is 0 Å². The van der Waals surface area contributed by atoms with Crippen molar-refractivity contribution in [2.24, 2.45) is 0 Å². The van der Waals surface area contributed by atoms with Crippen LogP contribution in [0.5, 0.6) is 0 Å². The van der Waals surface area contributed by atoms with Gasteiger partial charge in [0.15, 0.2) is 0 Å². The number of aromatic nitrogens is 2. The standard InChI is InChI=1S/C11H14N2O6S2/c1-7(20(14,15)16)2-5-11-12-9-4-3-8(21(17,18)19)6-10(9)13-11/h3-4,6-7H,2,5H2,1H3,(H,12,13)(H,14,15,16)(H,17,18,19). The van der Waals surface area contributed by atoms with Crippen molar-refractivity contribution in [2.75, 3.05) is 0 Å². The summed E-state index contributed by atoms with van der Waals surface area (Å²) in [4.78, 5) is 6.78. The minimum Gasteiger partial charge on any atom is -0.342 e. The molecule has 8 nitrogen and oxygen atoms in total. The molecule has 0 saturated heterocycles. The van der Waals surface area contributed by atoms with Gasteiger partial charge < -0.3 is 4.98 Å². The molecule has 0 saturated carbocycles. The van der Waals surface area contributed by atoms with E-state index in [2.05, 4.69) is 9.97 Å². The molecule has 0 aliphatic rings. The summed E-state index contributed by atoms with van der Waals surface area (Å²) in [5, 5.41) is -0.918. The van der Waals surface area contributed by atoms with Crippen molar-refractivity contribution < 1.29 is 25.9 Å². The zero-order valence-corrected chi connectivity index (χ0v) is 12.6. The van der Waals surface area contributed by atoms with Crippen LogP contribution < -0.4 is 0 Å². The fourth-order valence-electron chi connectivity index (χ4n) is 1.81. The quantitative estimate of drug-likeness (QED) is 0.694. The number of rotatable bonds is 5. The van der Waals surface area contributed by atoms with E-state index in [1.807, 2.05) is 0 Å². The Kier molecular flexibility index (Phi) is 4.06. The Hall–Kier alpha value is -1.49. The number of aromatic amines is 1. The molecule has 10 heteroatoms. The lowest BCUT2D eigenvalue weighted by atomic mass is 10.2. The number of nitrogens with one attached hydrogen (secondary N) is 1. The van der Waals surface area contributed by atoms with Gasteiger partial charge in [-0.1, -0.05) is 0 Å². The van der Waals surface area contributed by atoms with Crippen LogP contribution in [0.25, 0.3) is 11.0 Å². The van der Waals surface area contributed by atoms with Gasteiger partial charge in [-0.3, -0.25) is 9.11 Å². The second kappa shape index (κ2) is 5.37. The predicted octanol–water partition coefficient (Wildman–Crippen LogP) is 1.02. The van der Waals surface area contributed by atoms with E-state index in [9.17, 15) is 16.8 Å². The maximum absolute atomic E-state index is 11.0. The number of fused-ring (bicyclic) bond motifs is 1. The van der Waals surface area contributed by atoms with Gasteiger partial charge in [0.2, 0.25) is 0 Å². The first-order valence-electron chi connectivity index (χ1n) is 6.00. The van der Waals surface area contributed by atoms with Gasteiger partial charge in [0.05, 0.1) is 21.2 Å². The summed E-state index contributed by atoms with van der Waals surface area (Å²) in [6.07, 6.45) is 0.445. The van der Waals surface area contributed by atoms with Gasteiger partial charge in [-0.25, -0.2) is 4.98 Å². The summed E-state index contributed by atoms with van der Waals surface area (Å²) in [5.74, 6) is 0.466. The topological polar surface area (TPSA) is 137 Å². The SMILES string of the molecule is CC(CCc1nc2ccc(S(=O)(=O)O)cc2[nH]1)S(=O)(=O)O. The van der Waals surface area contributed by atoms with Crippen LogP contribution in [0.1, 0.15) is 19.2 Å². The lowest BCUT2D eigenvalue weighted by Gasteiger charge is -2.05. The number of H-pyrrole nitrogens is 1. The molecule has 1 unspecified atom stereocenters. The first-order valence-corrected chi connectivity index (χ1v) is 8.94. The Labute approximate surface area is 121 Å². The predicted molar refractivity (Wildman–Crippen MR) is 75.2 cm³/mol. The average Bonchev–Trinajstić information content (AvgIpc) is 2.75. The van der Waals surface area contributed by atoms with E-state index in [4.69, 9.17) is 9.11 Å². The Morgan fingerprint density at radius 3 is 2.48 bits per heavy atom. The van der Waals surface area contributed by atoms with Gasteiger partial charge in [0, 0.05) is 6.42 Å². The van der Waals surface area contributed by atoms with Crippen molar-refractivity contribution in [2.45, 2.75) is 29.9 Å². The van der Waals surface area contributed by atoms with E-state index in [0.717, 1.165) is 0 Å². The van der Waals surface area contributed by atoms with Gasteiger partial charge in [0.25, 0.3) is 20.2 Å². The molecule has 21 heavy (non-hydrogen) atoms. The van der Waals surface area contributed by atoms with Gasteiger partial charge >= 0.3 is 0 Å². The zero-order chi connectivity index (χ0) is 15.8. The number of hydrogen-bond donors (Lipinski definition) is 3. The van der Waals surface area contributed by atoms with Crippen molar-refractivity contribution in [3.8, 4) is 0 Å². The summed E-state index contributed by atoms with van der Waals surface area (Å²) >= 11 is 0. The molecule has 1 atom stereocenters. The van der Waals surface area contributed by atoms with Crippen molar-refractivity contribution in [3.05, 3.63) is 24.0 Å². The summed E-state index contributed by atoms with van der Waals surface area (Å²) in [6.45, 7) is 1.38. The van der Waals surface area contributed by atoms with Crippen LogP contribution in [-0.4, -0.2) is 41.2 Å². The number of aryl methyl sites for hydroxylation is 1. The van der Waals surface area contributed by atoms with Gasteiger partial charge in [-0.05, 0) is 31.5 Å². The molecule has 1 aromatic heterocycles. The normalized spacial score (nSPS) is 14.4. The molecular weight excluding hydrogens is 320 g/mol. The minimum absolute atomic E-state index is 0.170. The Balaban J connectivity index is 2.24. The lowest BCUT2D eigenvalue weighted by molar-refractivity contribution is 0.465. The molecule has 0 fully saturated rings. The average molecular weight is 334 g/mol. The zero-order valence-electron chi connectivity index (χ0n) is 11.0. The number of nitrogens with zero attached hydrogens (tertiary/aromatic N) is 1. The van der Waals surface area contributed by atoms with E-state index >= 15 is 0 Å². The molecule has 0 aliphatic carbocycles. The monoisotopic (exact) mass is 334 g/mol. The van der Waals surface area contributed by atoms with Crippen LogP contribution in [0, 0.1) is 0 Å². The molecule has 2 aromatic rings. The molecule has 0 radical (unpaired) electrons. The first kappa shape index (κ1) is 15.9. The molecule has 0 aliphatic heterocycles. The van der Waals surface area contributed by atoms with E-state index < -0.39 is 25.5 Å². The molecule has 116 valence electrons. The van der Waals surface area contributed by atoms with Crippen molar-refractivity contribution >= 4 is 31.3 Å². The number of imidazole rings is 1. The molecule has 3 N–H and O–H groups in total. The largest absolute Gasteiger partial charge is 0.342 e. The van der Waals surface area contributed by atoms with Crippen molar-refractivity contribution in [1.29, 1.82) is 0 Å². The first-order chi connectivity index (χ1) is 9.57. The maximum atomic E-state index is 11.0. The molecule has 0 amide bonds. The van der Waals surface area contributed by atoms with Crippen molar-refractivity contribution in [1.82, 2.24) is 9.97 Å². The highest BCUT2D eigenvalue weighted by Gasteiger charge is 2.18. The van der Waals surface area contributed by atoms with Crippen LogP contribution in [0.3, 0.4) is 0 Å². The third-order valence-electron chi connectivity index (χ3n) is 3.10. The summed E-state index contributed by atoms with van der Waals surface area (Å²) in [6, 6.07) is 3.90. The van der Waals surface area contributed by atoms with E-state index in [1.165, 1.54) is 25.1 Å². The molecule has 1 aromatic carbocycles. The van der Waals surface area contributed by atoms with Crippen LogP contribution in [0.2, 0.25) is 0 Å². The van der Waals surface area contributed by atoms with Crippen LogP contribution in [0.15, 0.2) is 23.1 Å². The van der Waals surface area contributed by atoms with Crippen LogP contribution in [0.4, 0.5) is 0 Å². The summed E-state index contributed by atoms with van der Waals surface area (Å²) in [7, 11) is -8.37. The molecule has 2 rings (SSSR count). The van der Waals surface area contributed by atoms with Gasteiger partial charge in [-0.15, -0.1) is 0 Å². The molecular formula is C11H14N2O6S2. The smallest absolute Gasteiger partial charge is 0.294 e. The lowest BCUT2D eigenvalue weighted by Crippen LogP contribution is -2.17. The van der Waals surface area contributed by atoms with E-state index in [0.29, 0.717) is 16.9 Å². The second-order valence-corrected chi connectivity index (χ2v) is 7.96. The Morgan fingerprint density at radius 1 is 1.24 bits per heavy atom. The third kappa shape index (κ3) is 3.79. The number of hydrogen-bond acceptors (Lipinski definition) is 5. The fourth-order valence-corrected chi connectivity index (χ4v) is 2.73. The fraction of sp³-hybridized carbons (Fsp3) is 0.364. The van der Waals surface area contributed by atoms with E-state index in [1.54, 1.807) is 0 Å². The third-order valence-corrected chi connectivity index (χ3v) is 5.20. The van der Waals surface area contributed by atoms with Crippen LogP contribution in [-0.2, 0) is 26.7 Å². The Bertz CT molecular complexity index is 869. The summed E-state index contributed by atoms with van der Waals surface area (Å²) < 4.78 is 61.7. The van der Waals surface area contributed by atoms with Gasteiger partial charge in [-0.2, -0.15) is 16.8 Å². The van der Waals surface area contributed by atoms with Crippen LogP contribution >= 0.6 is 0 Å². The van der Waals surface area contributed by atoms with E-state index in [-0.39, 0.29) is 17.7 Å². The molecule has 0 spiro atoms. The highest BCUT2D eigenvalue weighted by Crippen LogP contribution is 2.18. The second-order valence-electron chi connectivity index (χ2n) is 4.70. The molecule has 0 bridgehead atoms. The summed E-state index contributed by atoms with van der Waals surface area (Å²) in [5.41, 5.74) is 0.913. The maximum Gasteiger partial charge on any atom is 0.294 e. The highest BCUT2D eigenvalue weighted by atomic mass is 32.2.